The van der Waals surface area contributed by atoms with Crippen LogP contribution in [0.2, 0.25) is 0 Å². The molecule has 1 amide bonds. The van der Waals surface area contributed by atoms with Crippen LogP contribution in [-0.4, -0.2) is 111 Å². The molecule has 0 aromatic heterocycles. The van der Waals surface area contributed by atoms with Crippen LogP contribution in [0.1, 0.15) is 75.3 Å². The Labute approximate surface area is 298 Å². The molecule has 0 spiro atoms. The van der Waals surface area contributed by atoms with Gasteiger partial charge in [0, 0.05) is 18.9 Å². The molecule has 0 heterocycles. The lowest BCUT2D eigenvalue weighted by atomic mass is 9.98. The molecule has 0 atom stereocenters. The molecule has 1 aliphatic carbocycles. The summed E-state index contributed by atoms with van der Waals surface area (Å²) >= 11 is 0. The summed E-state index contributed by atoms with van der Waals surface area (Å²) in [5.41, 5.74) is 4.77. The van der Waals surface area contributed by atoms with Gasteiger partial charge in [0.25, 0.3) is 0 Å². The van der Waals surface area contributed by atoms with E-state index in [0.717, 1.165) is 12.8 Å². The molecular formula is C39H59NO10. The van der Waals surface area contributed by atoms with Gasteiger partial charge < -0.3 is 43.2 Å². The molecule has 0 unspecified atom stereocenters. The van der Waals surface area contributed by atoms with Crippen LogP contribution >= 0.6 is 0 Å². The minimum absolute atomic E-state index is 0.0377. The number of amides is 1. The molecule has 11 heteroatoms. The number of fused-ring (bicyclic) bond motifs is 3. The van der Waals surface area contributed by atoms with Crippen molar-refractivity contribution in [2.45, 2.75) is 64.2 Å². The summed E-state index contributed by atoms with van der Waals surface area (Å²) in [6.45, 7) is 8.48. The van der Waals surface area contributed by atoms with Crippen LogP contribution in [0.15, 0.2) is 48.5 Å². The van der Waals surface area contributed by atoms with E-state index in [0.29, 0.717) is 92.2 Å². The maximum absolute atomic E-state index is 12.2. The van der Waals surface area contributed by atoms with Gasteiger partial charge in [-0.3, -0.25) is 4.79 Å². The van der Waals surface area contributed by atoms with Gasteiger partial charge in [-0.1, -0.05) is 94.0 Å². The van der Waals surface area contributed by atoms with Crippen LogP contribution in [0.4, 0.5) is 4.79 Å². The van der Waals surface area contributed by atoms with Gasteiger partial charge in [-0.25, -0.2) is 4.79 Å². The quantitative estimate of drug-likeness (QED) is 0.0708. The molecule has 1 aliphatic rings. The number of carbonyl (C=O) groups is 2. The van der Waals surface area contributed by atoms with Crippen molar-refractivity contribution in [3.05, 3.63) is 59.7 Å². The Kier molecular flexibility index (Phi) is 22.9. The second-order valence-corrected chi connectivity index (χ2v) is 12.0. The summed E-state index contributed by atoms with van der Waals surface area (Å²) in [6, 6.07) is 16.5. The smallest absolute Gasteiger partial charge is 0.407 e. The molecule has 280 valence electrons. The summed E-state index contributed by atoms with van der Waals surface area (Å²) < 4.78 is 43.7. The van der Waals surface area contributed by atoms with E-state index in [9.17, 15) is 9.59 Å². The lowest BCUT2D eigenvalue weighted by molar-refractivity contribution is -0.145. The number of hydrogen-bond donors (Lipinski definition) is 1. The largest absolute Gasteiger partial charge is 0.463 e. The van der Waals surface area contributed by atoms with Crippen molar-refractivity contribution in [2.24, 2.45) is 0 Å². The number of unbranched alkanes of at least 4 members (excludes halogenated alkanes) is 6. The van der Waals surface area contributed by atoms with Gasteiger partial charge in [-0.05, 0) is 28.7 Å². The van der Waals surface area contributed by atoms with E-state index in [1.165, 1.54) is 54.4 Å². The number of ether oxygens (including phenoxy) is 8. The van der Waals surface area contributed by atoms with Crippen molar-refractivity contribution in [3.63, 3.8) is 0 Å². The first-order valence-electron chi connectivity index (χ1n) is 18.4. The molecule has 2 aromatic carbocycles. The summed E-state index contributed by atoms with van der Waals surface area (Å²) in [4.78, 5) is 24.0. The highest BCUT2D eigenvalue weighted by Crippen LogP contribution is 2.44. The van der Waals surface area contributed by atoms with Gasteiger partial charge in [0.2, 0.25) is 0 Å². The predicted octanol–water partition coefficient (Wildman–Crippen LogP) is 6.31. The van der Waals surface area contributed by atoms with E-state index in [2.05, 4.69) is 36.5 Å². The maximum Gasteiger partial charge on any atom is 0.407 e. The Morgan fingerprint density at radius 3 is 1.50 bits per heavy atom. The maximum atomic E-state index is 12.2. The van der Waals surface area contributed by atoms with Crippen LogP contribution < -0.4 is 5.32 Å². The number of hydrogen-bond acceptors (Lipinski definition) is 10. The lowest BCUT2D eigenvalue weighted by Crippen LogP contribution is -2.29. The van der Waals surface area contributed by atoms with Gasteiger partial charge in [0.1, 0.15) is 13.2 Å². The van der Waals surface area contributed by atoms with Crippen molar-refractivity contribution in [3.8, 4) is 11.1 Å². The van der Waals surface area contributed by atoms with E-state index in [-0.39, 0.29) is 25.1 Å². The Morgan fingerprint density at radius 2 is 0.980 bits per heavy atom. The van der Waals surface area contributed by atoms with Crippen molar-refractivity contribution >= 4 is 12.1 Å². The normalized spacial score (nSPS) is 12.1. The van der Waals surface area contributed by atoms with Crippen LogP contribution in [0.5, 0.6) is 0 Å². The van der Waals surface area contributed by atoms with Gasteiger partial charge in [0.15, 0.2) is 0 Å². The first kappa shape index (κ1) is 41.4. The van der Waals surface area contributed by atoms with Gasteiger partial charge in [-0.15, -0.1) is 0 Å². The average molecular weight is 702 g/mol. The predicted molar refractivity (Wildman–Crippen MR) is 192 cm³/mol. The Hall–Kier alpha value is -3.06. The molecule has 0 radical (unpaired) electrons. The summed E-state index contributed by atoms with van der Waals surface area (Å²) in [5, 5.41) is 2.74. The molecule has 0 aliphatic heterocycles. The second kappa shape index (κ2) is 27.6. The minimum atomic E-state index is -0.452. The van der Waals surface area contributed by atoms with E-state index in [1.54, 1.807) is 0 Å². The van der Waals surface area contributed by atoms with E-state index < -0.39 is 6.09 Å². The molecule has 0 bridgehead atoms. The Balaban J connectivity index is 0.989. The van der Waals surface area contributed by atoms with Gasteiger partial charge >= 0.3 is 12.1 Å². The lowest BCUT2D eigenvalue weighted by Gasteiger charge is -2.14. The molecule has 0 fully saturated rings. The summed E-state index contributed by atoms with van der Waals surface area (Å²) in [7, 11) is 0. The fourth-order valence-electron chi connectivity index (χ4n) is 5.59. The zero-order valence-electron chi connectivity index (χ0n) is 30.0. The first-order valence-corrected chi connectivity index (χ1v) is 18.4. The third-order valence-electron chi connectivity index (χ3n) is 8.19. The molecular weight excluding hydrogens is 642 g/mol. The molecule has 11 nitrogen and oxygen atoms in total. The van der Waals surface area contributed by atoms with E-state index in [4.69, 9.17) is 37.9 Å². The van der Waals surface area contributed by atoms with Crippen molar-refractivity contribution in [2.75, 3.05) is 99.0 Å². The van der Waals surface area contributed by atoms with Crippen LogP contribution in [0.3, 0.4) is 0 Å². The van der Waals surface area contributed by atoms with Gasteiger partial charge in [-0.2, -0.15) is 0 Å². The monoisotopic (exact) mass is 701 g/mol. The summed E-state index contributed by atoms with van der Waals surface area (Å²) in [6.07, 6.45) is 8.31. The molecule has 50 heavy (non-hydrogen) atoms. The van der Waals surface area contributed by atoms with Crippen molar-refractivity contribution in [1.82, 2.24) is 5.32 Å². The van der Waals surface area contributed by atoms with E-state index >= 15 is 0 Å². The first-order chi connectivity index (χ1) is 24.7. The number of rotatable bonds is 31. The highest BCUT2D eigenvalue weighted by atomic mass is 16.6. The molecule has 0 saturated heterocycles. The fraction of sp³-hybridized carbons (Fsp3) is 0.641. The van der Waals surface area contributed by atoms with Crippen molar-refractivity contribution in [1.29, 1.82) is 0 Å². The average Bonchev–Trinajstić information content (AvgIpc) is 3.45. The molecule has 2 aromatic rings. The number of benzene rings is 2. The van der Waals surface area contributed by atoms with Crippen LogP contribution in [-0.2, 0) is 42.7 Å². The van der Waals surface area contributed by atoms with Crippen molar-refractivity contribution < 1.29 is 47.5 Å². The number of carbonyl (C=O) groups excluding carboxylic acids is 2. The SMILES string of the molecule is CCCCCCCCCC(=O)OCCOCCOCCOCCOCCOCCOCCNC(=O)OCC1c2ccccc2-c2ccccc21. The second-order valence-electron chi connectivity index (χ2n) is 12.0. The Bertz CT molecular complexity index is 1130. The fourth-order valence-corrected chi connectivity index (χ4v) is 5.59. The highest BCUT2D eigenvalue weighted by molar-refractivity contribution is 5.79. The standard InChI is InChI=1S/C39H59NO10/c1-2-3-4-5-6-7-8-17-38(41)49-31-30-48-29-28-47-27-26-46-25-24-45-23-22-44-21-20-43-19-18-40-39(42)50-32-37-35-15-11-9-13-33(35)34-14-10-12-16-36(34)37/h9-16,37H,2-8,17-32H2,1H3,(H,40,42). The molecule has 1 N–H and O–H groups in total. The molecule has 0 saturated carbocycles. The number of alkyl carbamates (subject to hydrolysis) is 1. The van der Waals surface area contributed by atoms with Gasteiger partial charge in [0.05, 0.1) is 79.3 Å². The number of esters is 1. The minimum Gasteiger partial charge on any atom is -0.463 e. The highest BCUT2D eigenvalue weighted by Gasteiger charge is 2.28. The third-order valence-corrected chi connectivity index (χ3v) is 8.19. The zero-order chi connectivity index (χ0) is 35.3. The topological polar surface area (TPSA) is 120 Å². The van der Waals surface area contributed by atoms with E-state index in [1.807, 2.05) is 24.3 Å². The molecule has 3 rings (SSSR count). The summed E-state index contributed by atoms with van der Waals surface area (Å²) in [5.74, 6) is -0.107. The third kappa shape index (κ3) is 17.7. The Morgan fingerprint density at radius 1 is 0.540 bits per heavy atom. The van der Waals surface area contributed by atoms with Crippen LogP contribution in [0, 0.1) is 0 Å². The van der Waals surface area contributed by atoms with Crippen LogP contribution in [0.25, 0.3) is 11.1 Å². The number of nitrogens with one attached hydrogen (secondary N) is 1. The zero-order valence-corrected chi connectivity index (χ0v) is 30.0.